The van der Waals surface area contributed by atoms with Crippen molar-refractivity contribution in [3.8, 4) is 11.1 Å². The predicted molar refractivity (Wildman–Crippen MR) is 198 cm³/mol. The van der Waals surface area contributed by atoms with Gasteiger partial charge in [0.25, 0.3) is 0 Å². The lowest BCUT2D eigenvalue weighted by molar-refractivity contribution is -0.126. The second-order valence-electron chi connectivity index (χ2n) is 13.7. The molecule has 0 bridgehead atoms. The molecule has 0 spiro atoms. The number of amides is 2. The summed E-state index contributed by atoms with van der Waals surface area (Å²) in [4.78, 5) is 33.2. The molecule has 4 aromatic rings. The van der Waals surface area contributed by atoms with Crippen molar-refractivity contribution in [2.24, 2.45) is 0 Å². The molecule has 4 heterocycles. The Balaban J connectivity index is 1.04. The molecule has 0 aliphatic carbocycles. The van der Waals surface area contributed by atoms with Crippen LogP contribution < -0.4 is 21.3 Å². The van der Waals surface area contributed by atoms with E-state index in [1.165, 1.54) is 6.07 Å². The maximum atomic E-state index is 15.0. The van der Waals surface area contributed by atoms with Crippen molar-refractivity contribution in [2.45, 2.75) is 91.1 Å². The quantitative estimate of drug-likeness (QED) is 0.146. The number of nitrogens with zero attached hydrogens (tertiary/aromatic N) is 4. The van der Waals surface area contributed by atoms with Crippen LogP contribution in [0.1, 0.15) is 68.8 Å². The molecular formula is C39H51FN8O3. The molecule has 11 nitrogen and oxygen atoms in total. The number of carbonyl (C=O) groups is 2. The average Bonchev–Trinajstić information content (AvgIpc) is 3.56. The maximum Gasteiger partial charge on any atom is 0.220 e. The van der Waals surface area contributed by atoms with E-state index < -0.39 is 0 Å². The van der Waals surface area contributed by atoms with E-state index in [1.807, 2.05) is 36.0 Å². The van der Waals surface area contributed by atoms with Crippen LogP contribution in [-0.4, -0.2) is 76.4 Å². The fourth-order valence-electron chi connectivity index (χ4n) is 7.05. The van der Waals surface area contributed by atoms with Gasteiger partial charge in [-0.15, -0.1) is 0 Å². The molecule has 2 aliphatic heterocycles. The predicted octanol–water partition coefficient (Wildman–Crippen LogP) is 4.92. The first-order valence-electron chi connectivity index (χ1n) is 18.4. The first-order valence-corrected chi connectivity index (χ1v) is 18.4. The molecule has 51 heavy (non-hydrogen) atoms. The number of ether oxygens (including phenoxy) is 1. The van der Waals surface area contributed by atoms with E-state index >= 15 is 4.39 Å². The summed E-state index contributed by atoms with van der Waals surface area (Å²) in [5, 5.41) is 18.6. The molecule has 2 saturated heterocycles. The van der Waals surface area contributed by atoms with Gasteiger partial charge in [-0.3, -0.25) is 14.5 Å². The summed E-state index contributed by atoms with van der Waals surface area (Å²) in [5.74, 6) is -0.761. The van der Waals surface area contributed by atoms with E-state index in [1.54, 1.807) is 12.1 Å². The smallest absolute Gasteiger partial charge is 0.220 e. The lowest BCUT2D eigenvalue weighted by Gasteiger charge is -2.31. The summed E-state index contributed by atoms with van der Waals surface area (Å²) < 4.78 is 22.5. The van der Waals surface area contributed by atoms with Crippen molar-refractivity contribution in [3.05, 3.63) is 76.9 Å². The second-order valence-corrected chi connectivity index (χ2v) is 13.7. The molecule has 2 aromatic heterocycles. The summed E-state index contributed by atoms with van der Waals surface area (Å²) in [6, 6.07) is 13.6. The molecule has 2 aliphatic rings. The number of piperazine rings is 1. The van der Waals surface area contributed by atoms with Gasteiger partial charge in [-0.25, -0.2) is 14.1 Å². The molecule has 1 atom stereocenters. The molecule has 4 N–H and O–H groups in total. The third-order valence-corrected chi connectivity index (χ3v) is 9.84. The highest BCUT2D eigenvalue weighted by Gasteiger charge is 2.22. The number of anilines is 1. The number of benzene rings is 2. The average molecular weight is 699 g/mol. The number of halogens is 1. The van der Waals surface area contributed by atoms with Crippen LogP contribution in [0.15, 0.2) is 48.7 Å². The van der Waals surface area contributed by atoms with Crippen LogP contribution in [0.25, 0.3) is 22.2 Å². The zero-order valence-electron chi connectivity index (χ0n) is 30.1. The Bertz CT molecular complexity index is 1820. The SMILES string of the molecule is CCc1nc2c(cnn2CC)c(NC2CCOCC2)c1CNC(=O)CCC(=O)NCc1ccc(F)c(-c2cccc(CN3CCN[C@H](C)C3)c2)c1. The molecule has 12 heteroatoms. The van der Waals surface area contributed by atoms with Gasteiger partial charge in [-0.1, -0.05) is 31.2 Å². The number of nitrogens with one attached hydrogen (secondary N) is 4. The minimum absolute atomic E-state index is 0.0426. The molecular weight excluding hydrogens is 647 g/mol. The number of aryl methyl sites for hydroxylation is 2. The number of aromatic nitrogens is 3. The summed E-state index contributed by atoms with van der Waals surface area (Å²) in [6.45, 7) is 12.7. The molecule has 2 fully saturated rings. The van der Waals surface area contributed by atoms with Crippen LogP contribution in [0.4, 0.5) is 10.1 Å². The molecule has 6 rings (SSSR count). The van der Waals surface area contributed by atoms with Gasteiger partial charge < -0.3 is 26.0 Å². The van der Waals surface area contributed by atoms with Gasteiger partial charge in [0.1, 0.15) is 5.82 Å². The van der Waals surface area contributed by atoms with Gasteiger partial charge in [0.15, 0.2) is 5.65 Å². The molecule has 2 aromatic carbocycles. The number of hydrogen-bond acceptors (Lipinski definition) is 8. The van der Waals surface area contributed by atoms with Crippen molar-refractivity contribution < 1.29 is 18.7 Å². The minimum atomic E-state index is -0.305. The third kappa shape index (κ3) is 9.29. The van der Waals surface area contributed by atoms with Crippen molar-refractivity contribution in [1.29, 1.82) is 0 Å². The van der Waals surface area contributed by atoms with Gasteiger partial charge in [-0.2, -0.15) is 5.10 Å². The Morgan fingerprint density at radius 2 is 1.80 bits per heavy atom. The number of rotatable bonds is 14. The highest BCUT2D eigenvalue weighted by Crippen LogP contribution is 2.31. The number of carbonyl (C=O) groups excluding carboxylic acids is 2. The van der Waals surface area contributed by atoms with Gasteiger partial charge in [-0.05, 0) is 68.0 Å². The van der Waals surface area contributed by atoms with Crippen LogP contribution in [0.2, 0.25) is 0 Å². The standard InChI is InChI=1S/C39H51FN8O3/c1-4-35-32(38(45-30-13-17-51-18-14-30)33-23-44-48(5-2)39(33)46-35)22-43-37(50)12-11-36(49)42-21-27-9-10-34(40)31(20-27)29-8-6-7-28(19-29)25-47-16-15-41-26(3)24-47/h6-10,19-20,23,26,30,41H,4-5,11-18,21-22,24-25H2,1-3H3,(H,42,49)(H,43,50)(H,45,46)/t26-/m1/s1. The normalized spacial score (nSPS) is 17.1. The van der Waals surface area contributed by atoms with E-state index in [-0.39, 0.29) is 43.1 Å². The fourth-order valence-corrected chi connectivity index (χ4v) is 7.05. The van der Waals surface area contributed by atoms with Crippen LogP contribution in [0, 0.1) is 5.82 Å². The summed E-state index contributed by atoms with van der Waals surface area (Å²) in [7, 11) is 0. The van der Waals surface area contributed by atoms with E-state index in [4.69, 9.17) is 9.72 Å². The van der Waals surface area contributed by atoms with Crippen LogP contribution in [0.5, 0.6) is 0 Å². The monoisotopic (exact) mass is 698 g/mol. The van der Waals surface area contributed by atoms with Crippen LogP contribution >= 0.6 is 0 Å². The van der Waals surface area contributed by atoms with Crippen molar-refractivity contribution in [3.63, 3.8) is 0 Å². The number of hydrogen-bond donors (Lipinski definition) is 4. The maximum absolute atomic E-state index is 15.0. The van der Waals surface area contributed by atoms with E-state index in [2.05, 4.69) is 51.2 Å². The second kappa shape index (κ2) is 17.2. The number of pyridine rings is 1. The molecule has 2 amide bonds. The Labute approximate surface area is 299 Å². The zero-order valence-corrected chi connectivity index (χ0v) is 30.1. The van der Waals surface area contributed by atoms with Gasteiger partial charge in [0.05, 0.1) is 17.3 Å². The van der Waals surface area contributed by atoms with Gasteiger partial charge in [0, 0.05) is 101 Å². The molecule has 0 saturated carbocycles. The Kier molecular flexibility index (Phi) is 12.3. The fraction of sp³-hybridized carbons (Fsp3) is 0.487. The Morgan fingerprint density at radius 1 is 1.02 bits per heavy atom. The Morgan fingerprint density at radius 3 is 2.55 bits per heavy atom. The van der Waals surface area contributed by atoms with Crippen molar-refractivity contribution in [2.75, 3.05) is 38.2 Å². The largest absolute Gasteiger partial charge is 0.381 e. The van der Waals surface area contributed by atoms with E-state index in [0.717, 1.165) is 83.7 Å². The van der Waals surface area contributed by atoms with Crippen molar-refractivity contribution >= 4 is 28.5 Å². The lowest BCUT2D eigenvalue weighted by Crippen LogP contribution is -2.48. The first-order chi connectivity index (χ1) is 24.8. The summed E-state index contributed by atoms with van der Waals surface area (Å²) in [6.07, 6.45) is 4.44. The topological polar surface area (TPSA) is 125 Å². The summed E-state index contributed by atoms with van der Waals surface area (Å²) >= 11 is 0. The molecule has 0 unspecified atom stereocenters. The van der Waals surface area contributed by atoms with Gasteiger partial charge in [0.2, 0.25) is 11.8 Å². The number of fused-ring (bicyclic) bond motifs is 1. The Hall–Kier alpha value is -4.39. The molecule has 272 valence electrons. The lowest BCUT2D eigenvalue weighted by atomic mass is 10.00. The van der Waals surface area contributed by atoms with Gasteiger partial charge >= 0.3 is 0 Å². The van der Waals surface area contributed by atoms with Crippen LogP contribution in [0.3, 0.4) is 0 Å². The minimum Gasteiger partial charge on any atom is -0.381 e. The zero-order chi connectivity index (χ0) is 35.7. The third-order valence-electron chi connectivity index (χ3n) is 9.84. The summed E-state index contributed by atoms with van der Waals surface area (Å²) in [5.41, 5.74) is 6.88. The molecule has 0 radical (unpaired) electrons. The van der Waals surface area contributed by atoms with Crippen molar-refractivity contribution in [1.82, 2.24) is 35.6 Å². The van der Waals surface area contributed by atoms with Crippen LogP contribution in [-0.2, 0) is 46.9 Å². The van der Waals surface area contributed by atoms with E-state index in [9.17, 15) is 9.59 Å². The highest BCUT2D eigenvalue weighted by atomic mass is 19.1. The highest BCUT2D eigenvalue weighted by molar-refractivity contribution is 5.92. The van der Waals surface area contributed by atoms with E-state index in [0.29, 0.717) is 44.3 Å². The first kappa shape index (κ1) is 36.4.